The summed E-state index contributed by atoms with van der Waals surface area (Å²) in [5.41, 5.74) is 3.73. The number of aromatic nitrogens is 2. The Bertz CT molecular complexity index is 399. The molecular weight excluding hydrogens is 238 g/mol. The summed E-state index contributed by atoms with van der Waals surface area (Å²) in [6, 6.07) is 0. The second kappa shape index (κ2) is 6.70. The molecule has 0 aromatic carbocycles. The Morgan fingerprint density at radius 3 is 2.53 bits per heavy atom. The molecule has 1 aromatic rings. The van der Waals surface area contributed by atoms with Gasteiger partial charge >= 0.3 is 0 Å². The lowest BCUT2D eigenvalue weighted by Crippen LogP contribution is -2.20. The summed E-state index contributed by atoms with van der Waals surface area (Å²) in [6.07, 6.45) is 8.34. The van der Waals surface area contributed by atoms with E-state index in [4.69, 9.17) is 5.84 Å². The van der Waals surface area contributed by atoms with Gasteiger partial charge in [-0.05, 0) is 24.7 Å². The summed E-state index contributed by atoms with van der Waals surface area (Å²) in [5, 5.41) is 3.49. The Balaban J connectivity index is 2.06. The number of hydrogen-bond acceptors (Lipinski definition) is 5. The maximum absolute atomic E-state index is 5.53. The van der Waals surface area contributed by atoms with E-state index in [0.29, 0.717) is 5.92 Å². The lowest BCUT2D eigenvalue weighted by Gasteiger charge is -2.23. The van der Waals surface area contributed by atoms with Crippen LogP contribution >= 0.6 is 0 Å². The average molecular weight is 263 g/mol. The minimum atomic E-state index is 0.334. The number of hydrazine groups is 1. The summed E-state index contributed by atoms with van der Waals surface area (Å²) in [7, 11) is 0. The van der Waals surface area contributed by atoms with Crippen LogP contribution in [-0.2, 0) is 0 Å². The van der Waals surface area contributed by atoms with Crippen molar-refractivity contribution >= 4 is 11.6 Å². The molecule has 5 nitrogen and oxygen atoms in total. The van der Waals surface area contributed by atoms with Gasteiger partial charge in [-0.1, -0.05) is 33.1 Å². The van der Waals surface area contributed by atoms with Crippen LogP contribution < -0.4 is 16.6 Å². The molecule has 0 aliphatic heterocycles. The Labute approximate surface area is 115 Å². The third-order valence-electron chi connectivity index (χ3n) is 3.88. The van der Waals surface area contributed by atoms with Crippen molar-refractivity contribution in [2.24, 2.45) is 11.8 Å². The molecule has 4 N–H and O–H groups in total. The molecule has 0 atom stereocenters. The van der Waals surface area contributed by atoms with Crippen molar-refractivity contribution in [2.45, 2.75) is 51.9 Å². The van der Waals surface area contributed by atoms with Crippen LogP contribution in [0.4, 0.5) is 11.6 Å². The topological polar surface area (TPSA) is 75.9 Å². The first-order chi connectivity index (χ1) is 9.22. The van der Waals surface area contributed by atoms with Gasteiger partial charge in [-0.2, -0.15) is 0 Å². The molecule has 0 radical (unpaired) electrons. The van der Waals surface area contributed by atoms with Gasteiger partial charge < -0.3 is 10.7 Å². The van der Waals surface area contributed by atoms with E-state index >= 15 is 0 Å². The SMILES string of the molecule is CC(C)c1c(NN)ncnc1NCC1CCCCC1. The van der Waals surface area contributed by atoms with Crippen LogP contribution in [0.3, 0.4) is 0 Å². The largest absolute Gasteiger partial charge is 0.369 e. The zero-order valence-corrected chi connectivity index (χ0v) is 11.9. The van der Waals surface area contributed by atoms with Crippen LogP contribution in [0.5, 0.6) is 0 Å². The van der Waals surface area contributed by atoms with Gasteiger partial charge in [-0.25, -0.2) is 15.8 Å². The van der Waals surface area contributed by atoms with Gasteiger partial charge in [0.1, 0.15) is 18.0 Å². The molecule has 1 aliphatic carbocycles. The molecule has 0 bridgehead atoms. The van der Waals surface area contributed by atoms with Crippen molar-refractivity contribution in [3.63, 3.8) is 0 Å². The smallest absolute Gasteiger partial charge is 0.148 e. The predicted molar refractivity (Wildman–Crippen MR) is 79.0 cm³/mol. The summed E-state index contributed by atoms with van der Waals surface area (Å²) in [5.74, 6) is 8.28. The Hall–Kier alpha value is -1.36. The number of nitrogen functional groups attached to an aromatic ring is 1. The van der Waals surface area contributed by atoms with Gasteiger partial charge in [-0.3, -0.25) is 0 Å². The molecule has 1 aromatic heterocycles. The van der Waals surface area contributed by atoms with E-state index < -0.39 is 0 Å². The van der Waals surface area contributed by atoms with Crippen LogP contribution in [0.2, 0.25) is 0 Å². The number of rotatable bonds is 5. The molecule has 0 unspecified atom stereocenters. The number of hydrogen-bond donors (Lipinski definition) is 3. The molecule has 1 saturated carbocycles. The first-order valence-electron chi connectivity index (χ1n) is 7.27. The molecule has 1 heterocycles. The van der Waals surface area contributed by atoms with Crippen LogP contribution in [0, 0.1) is 5.92 Å². The van der Waals surface area contributed by atoms with Gasteiger partial charge in [0, 0.05) is 12.1 Å². The van der Waals surface area contributed by atoms with E-state index in [0.717, 1.165) is 29.7 Å². The fourth-order valence-corrected chi connectivity index (χ4v) is 2.83. The van der Waals surface area contributed by atoms with Gasteiger partial charge in [0.05, 0.1) is 0 Å². The maximum Gasteiger partial charge on any atom is 0.148 e. The Morgan fingerprint density at radius 2 is 1.89 bits per heavy atom. The van der Waals surface area contributed by atoms with Crippen molar-refractivity contribution in [3.8, 4) is 0 Å². The number of nitrogens with two attached hydrogens (primary N) is 1. The zero-order chi connectivity index (χ0) is 13.7. The third kappa shape index (κ3) is 3.56. The fourth-order valence-electron chi connectivity index (χ4n) is 2.83. The van der Waals surface area contributed by atoms with Gasteiger partial charge in [0.15, 0.2) is 0 Å². The molecule has 106 valence electrons. The second-order valence-corrected chi connectivity index (χ2v) is 5.67. The van der Waals surface area contributed by atoms with Crippen LogP contribution in [-0.4, -0.2) is 16.5 Å². The minimum Gasteiger partial charge on any atom is -0.369 e. The standard InChI is InChI=1S/C14H25N5/c1-10(2)12-13(17-9-18-14(12)19-15)16-8-11-6-4-3-5-7-11/h9-11H,3-8,15H2,1-2H3,(H2,16,17,18,19). The summed E-state index contributed by atoms with van der Waals surface area (Å²) in [6.45, 7) is 5.26. The van der Waals surface area contributed by atoms with Crippen molar-refractivity contribution in [1.82, 2.24) is 9.97 Å². The lowest BCUT2D eigenvalue weighted by molar-refractivity contribution is 0.373. The van der Waals surface area contributed by atoms with Crippen molar-refractivity contribution in [2.75, 3.05) is 17.3 Å². The maximum atomic E-state index is 5.53. The van der Waals surface area contributed by atoms with E-state index in [-0.39, 0.29) is 0 Å². The molecule has 0 saturated heterocycles. The molecule has 5 heteroatoms. The fraction of sp³-hybridized carbons (Fsp3) is 0.714. The van der Waals surface area contributed by atoms with Crippen molar-refractivity contribution in [1.29, 1.82) is 0 Å². The second-order valence-electron chi connectivity index (χ2n) is 5.67. The normalized spacial score (nSPS) is 16.6. The van der Waals surface area contributed by atoms with Crippen LogP contribution in [0.15, 0.2) is 6.33 Å². The van der Waals surface area contributed by atoms with Crippen molar-refractivity contribution < 1.29 is 0 Å². The molecule has 19 heavy (non-hydrogen) atoms. The number of nitrogens with zero attached hydrogens (tertiary/aromatic N) is 2. The van der Waals surface area contributed by atoms with E-state index in [2.05, 4.69) is 34.6 Å². The number of anilines is 2. The van der Waals surface area contributed by atoms with E-state index in [9.17, 15) is 0 Å². The van der Waals surface area contributed by atoms with Crippen molar-refractivity contribution in [3.05, 3.63) is 11.9 Å². The highest BCUT2D eigenvalue weighted by Crippen LogP contribution is 2.29. The lowest BCUT2D eigenvalue weighted by atomic mass is 9.89. The number of nitrogens with one attached hydrogen (secondary N) is 2. The monoisotopic (exact) mass is 263 g/mol. The molecule has 0 amide bonds. The molecule has 0 spiro atoms. The summed E-state index contributed by atoms with van der Waals surface area (Å²) < 4.78 is 0. The van der Waals surface area contributed by atoms with Crippen LogP contribution in [0.25, 0.3) is 0 Å². The summed E-state index contributed by atoms with van der Waals surface area (Å²) in [4.78, 5) is 8.56. The first-order valence-corrected chi connectivity index (χ1v) is 7.27. The highest BCUT2D eigenvalue weighted by Gasteiger charge is 2.17. The van der Waals surface area contributed by atoms with E-state index in [1.165, 1.54) is 32.1 Å². The first kappa shape index (κ1) is 14.1. The molecule has 1 fully saturated rings. The Kier molecular flexibility index (Phi) is 4.96. The highest BCUT2D eigenvalue weighted by atomic mass is 15.3. The van der Waals surface area contributed by atoms with E-state index in [1.54, 1.807) is 6.33 Å². The van der Waals surface area contributed by atoms with Gasteiger partial charge in [-0.15, -0.1) is 0 Å². The average Bonchev–Trinajstić information content (AvgIpc) is 2.45. The quantitative estimate of drug-likeness (QED) is 0.562. The zero-order valence-electron chi connectivity index (χ0n) is 11.9. The predicted octanol–water partition coefficient (Wildman–Crippen LogP) is 2.88. The highest BCUT2D eigenvalue weighted by molar-refractivity contribution is 5.58. The minimum absolute atomic E-state index is 0.334. The Morgan fingerprint density at radius 1 is 1.21 bits per heavy atom. The molecular formula is C14H25N5. The van der Waals surface area contributed by atoms with E-state index in [1.807, 2.05) is 0 Å². The third-order valence-corrected chi connectivity index (χ3v) is 3.88. The molecule has 2 rings (SSSR count). The molecule has 1 aliphatic rings. The van der Waals surface area contributed by atoms with Gasteiger partial charge in [0.2, 0.25) is 0 Å². The van der Waals surface area contributed by atoms with Gasteiger partial charge in [0.25, 0.3) is 0 Å². The summed E-state index contributed by atoms with van der Waals surface area (Å²) >= 11 is 0. The van der Waals surface area contributed by atoms with Crippen LogP contribution in [0.1, 0.15) is 57.4 Å².